The lowest BCUT2D eigenvalue weighted by Crippen LogP contribution is -2.32. The van der Waals surface area contributed by atoms with Gasteiger partial charge in [0.25, 0.3) is 5.56 Å². The molecular weight excluding hydrogens is 366 g/mol. The molecule has 2 rings (SSSR count). The Morgan fingerprint density at radius 3 is 2.70 bits per heavy atom. The number of amides is 1. The first-order valence-electron chi connectivity index (χ1n) is 8.92. The van der Waals surface area contributed by atoms with E-state index in [9.17, 15) is 14.4 Å². The molecule has 0 bridgehead atoms. The van der Waals surface area contributed by atoms with Crippen LogP contribution in [0.4, 0.5) is 0 Å². The molecule has 0 atom stereocenters. The van der Waals surface area contributed by atoms with Gasteiger partial charge >= 0.3 is 5.97 Å². The molecule has 1 N–H and O–H groups in total. The van der Waals surface area contributed by atoms with Crippen LogP contribution in [0.3, 0.4) is 0 Å². The van der Waals surface area contributed by atoms with E-state index in [-0.39, 0.29) is 23.3 Å². The fourth-order valence-electron chi connectivity index (χ4n) is 2.56. The maximum absolute atomic E-state index is 12.9. The first-order valence-corrected chi connectivity index (χ1v) is 9.91. The lowest BCUT2D eigenvalue weighted by Gasteiger charge is -2.13. The Morgan fingerprint density at radius 2 is 2.07 bits per heavy atom. The average Bonchev–Trinajstić information content (AvgIpc) is 2.64. The van der Waals surface area contributed by atoms with Crippen LogP contribution in [0, 0.1) is 0 Å². The van der Waals surface area contributed by atoms with Crippen molar-refractivity contribution in [3.05, 3.63) is 34.1 Å². The van der Waals surface area contributed by atoms with E-state index in [4.69, 9.17) is 4.74 Å². The van der Waals surface area contributed by atoms with Crippen LogP contribution in [0.25, 0.3) is 10.9 Å². The Labute approximate surface area is 162 Å². The molecule has 0 unspecified atom stereocenters. The van der Waals surface area contributed by atoms with Crippen molar-refractivity contribution < 1.29 is 14.3 Å². The van der Waals surface area contributed by atoms with Gasteiger partial charge in [-0.25, -0.2) is 9.78 Å². The van der Waals surface area contributed by atoms with Crippen molar-refractivity contribution in [2.75, 3.05) is 12.9 Å². The van der Waals surface area contributed by atoms with E-state index in [2.05, 4.69) is 10.3 Å². The molecule has 1 amide bonds. The van der Waals surface area contributed by atoms with Crippen LogP contribution >= 0.6 is 11.8 Å². The fraction of sp³-hybridized carbons (Fsp3) is 0.474. The molecule has 0 aliphatic carbocycles. The highest BCUT2D eigenvalue weighted by molar-refractivity contribution is 7.99. The van der Waals surface area contributed by atoms with Crippen molar-refractivity contribution in [1.29, 1.82) is 0 Å². The molecule has 0 saturated carbocycles. The second-order valence-corrected chi connectivity index (χ2v) is 7.38. The molecule has 146 valence electrons. The van der Waals surface area contributed by atoms with Gasteiger partial charge in [-0.3, -0.25) is 14.2 Å². The quantitative estimate of drug-likeness (QED) is 0.423. The van der Waals surface area contributed by atoms with Gasteiger partial charge in [0.05, 0.1) is 29.3 Å². The zero-order valence-electron chi connectivity index (χ0n) is 16.1. The molecule has 1 aromatic carbocycles. The third-order valence-corrected chi connectivity index (χ3v) is 4.84. The molecule has 1 heterocycles. The summed E-state index contributed by atoms with van der Waals surface area (Å²) in [6.45, 7) is 6.36. The summed E-state index contributed by atoms with van der Waals surface area (Å²) in [4.78, 5) is 41.2. The van der Waals surface area contributed by atoms with Gasteiger partial charge in [0, 0.05) is 12.6 Å². The van der Waals surface area contributed by atoms with Crippen LogP contribution in [-0.2, 0) is 16.1 Å². The number of unbranched alkanes of at least 4 members (excludes halogenated alkanes) is 1. The second kappa shape index (κ2) is 9.55. The smallest absolute Gasteiger partial charge is 0.337 e. The van der Waals surface area contributed by atoms with Crippen molar-refractivity contribution in [1.82, 2.24) is 14.9 Å². The van der Waals surface area contributed by atoms with E-state index < -0.39 is 5.97 Å². The van der Waals surface area contributed by atoms with Gasteiger partial charge in [-0.15, -0.1) is 0 Å². The van der Waals surface area contributed by atoms with Gasteiger partial charge in [0.15, 0.2) is 5.16 Å². The molecule has 1 aromatic heterocycles. The minimum Gasteiger partial charge on any atom is -0.465 e. The van der Waals surface area contributed by atoms with Crippen LogP contribution in [0.5, 0.6) is 0 Å². The van der Waals surface area contributed by atoms with Crippen LogP contribution in [0.15, 0.2) is 28.2 Å². The van der Waals surface area contributed by atoms with Gasteiger partial charge in [-0.1, -0.05) is 25.1 Å². The number of esters is 1. The molecule has 0 radical (unpaired) electrons. The van der Waals surface area contributed by atoms with E-state index in [1.165, 1.54) is 18.9 Å². The largest absolute Gasteiger partial charge is 0.465 e. The summed E-state index contributed by atoms with van der Waals surface area (Å²) in [5.74, 6) is -0.437. The minimum atomic E-state index is -0.487. The third kappa shape index (κ3) is 5.32. The lowest BCUT2D eigenvalue weighted by molar-refractivity contribution is -0.119. The summed E-state index contributed by atoms with van der Waals surface area (Å²) in [7, 11) is 1.30. The summed E-state index contributed by atoms with van der Waals surface area (Å²) in [5, 5.41) is 3.74. The van der Waals surface area contributed by atoms with E-state index >= 15 is 0 Å². The number of carbonyl (C=O) groups excluding carboxylic acids is 2. The third-order valence-electron chi connectivity index (χ3n) is 3.86. The average molecular weight is 391 g/mol. The van der Waals surface area contributed by atoms with Gasteiger partial charge < -0.3 is 10.1 Å². The predicted molar refractivity (Wildman–Crippen MR) is 106 cm³/mol. The number of nitrogens with zero attached hydrogens (tertiary/aromatic N) is 2. The summed E-state index contributed by atoms with van der Waals surface area (Å²) in [5.41, 5.74) is 0.579. The first-order chi connectivity index (χ1) is 12.9. The highest BCUT2D eigenvalue weighted by Crippen LogP contribution is 2.19. The van der Waals surface area contributed by atoms with Gasteiger partial charge in [-0.2, -0.15) is 0 Å². The molecule has 0 fully saturated rings. The maximum atomic E-state index is 12.9. The zero-order valence-corrected chi connectivity index (χ0v) is 16.9. The summed E-state index contributed by atoms with van der Waals surface area (Å²) in [6, 6.07) is 4.75. The highest BCUT2D eigenvalue weighted by Gasteiger charge is 2.15. The Morgan fingerprint density at radius 1 is 1.33 bits per heavy atom. The number of hydrogen-bond donors (Lipinski definition) is 1. The predicted octanol–water partition coefficient (Wildman–Crippen LogP) is 2.60. The molecule has 0 spiro atoms. The summed E-state index contributed by atoms with van der Waals surface area (Å²) < 4.78 is 6.34. The Balaban J connectivity index is 2.45. The molecule has 8 heteroatoms. The van der Waals surface area contributed by atoms with E-state index in [0.717, 1.165) is 12.8 Å². The maximum Gasteiger partial charge on any atom is 0.337 e. The molecule has 0 saturated heterocycles. The molecular formula is C19H25N3O4S. The van der Waals surface area contributed by atoms with Crippen molar-refractivity contribution in [2.24, 2.45) is 0 Å². The SMILES string of the molecule is CCCCn1c(SCC(=O)NC(C)C)nc2cc(C(=O)OC)ccc2c1=O. The number of rotatable bonds is 8. The standard InChI is InChI=1S/C19H25N3O4S/c1-5-6-9-22-17(24)14-8-7-13(18(25)26-4)10-15(14)21-19(22)27-11-16(23)20-12(2)3/h7-8,10,12H,5-6,9,11H2,1-4H3,(H,20,23). The topological polar surface area (TPSA) is 90.3 Å². The number of hydrogen-bond acceptors (Lipinski definition) is 6. The number of ether oxygens (including phenoxy) is 1. The van der Waals surface area contributed by atoms with E-state index in [0.29, 0.717) is 28.2 Å². The van der Waals surface area contributed by atoms with Crippen LogP contribution in [0.2, 0.25) is 0 Å². The van der Waals surface area contributed by atoms with Gasteiger partial charge in [-0.05, 0) is 38.5 Å². The van der Waals surface area contributed by atoms with Crippen LogP contribution in [-0.4, -0.2) is 40.3 Å². The monoisotopic (exact) mass is 391 g/mol. The highest BCUT2D eigenvalue weighted by atomic mass is 32.2. The number of fused-ring (bicyclic) bond motifs is 1. The normalized spacial score (nSPS) is 11.0. The molecule has 7 nitrogen and oxygen atoms in total. The number of carbonyl (C=O) groups is 2. The summed E-state index contributed by atoms with van der Waals surface area (Å²) >= 11 is 1.22. The van der Waals surface area contributed by atoms with Gasteiger partial charge in [0.2, 0.25) is 5.91 Å². The Hall–Kier alpha value is -2.35. The Kier molecular flexibility index (Phi) is 7.41. The number of benzene rings is 1. The Bertz CT molecular complexity index is 892. The molecule has 0 aliphatic rings. The number of nitrogens with one attached hydrogen (secondary N) is 1. The fourth-order valence-corrected chi connectivity index (χ4v) is 3.40. The van der Waals surface area contributed by atoms with Crippen LogP contribution in [0.1, 0.15) is 44.0 Å². The molecule has 2 aromatic rings. The first kappa shape index (κ1) is 21.0. The van der Waals surface area contributed by atoms with E-state index in [1.54, 1.807) is 22.8 Å². The van der Waals surface area contributed by atoms with Crippen LogP contribution < -0.4 is 10.9 Å². The second-order valence-electron chi connectivity index (χ2n) is 6.44. The molecule has 0 aliphatic heterocycles. The lowest BCUT2D eigenvalue weighted by atomic mass is 10.1. The van der Waals surface area contributed by atoms with Crippen molar-refractivity contribution >= 4 is 34.5 Å². The zero-order chi connectivity index (χ0) is 20.0. The number of thioether (sulfide) groups is 1. The van der Waals surface area contributed by atoms with Crippen molar-refractivity contribution in [3.8, 4) is 0 Å². The number of aromatic nitrogens is 2. The minimum absolute atomic E-state index is 0.0487. The van der Waals surface area contributed by atoms with Gasteiger partial charge in [0.1, 0.15) is 0 Å². The number of methoxy groups -OCH3 is 1. The van der Waals surface area contributed by atoms with E-state index in [1.807, 2.05) is 20.8 Å². The molecule has 27 heavy (non-hydrogen) atoms. The van der Waals surface area contributed by atoms with Crippen molar-refractivity contribution in [2.45, 2.75) is 51.4 Å². The van der Waals surface area contributed by atoms with Crippen molar-refractivity contribution in [3.63, 3.8) is 0 Å². The summed E-state index contributed by atoms with van der Waals surface area (Å²) in [6.07, 6.45) is 1.77.